The molecule has 0 aromatic rings. The molecule has 6 nitrogen and oxygen atoms in total. The fourth-order valence-electron chi connectivity index (χ4n) is 2.44. The molecule has 0 unspecified atom stereocenters. The first kappa shape index (κ1) is 19.2. The van der Waals surface area contributed by atoms with E-state index in [1.165, 1.54) is 19.3 Å². The van der Waals surface area contributed by atoms with Crippen molar-refractivity contribution < 1.29 is 19.4 Å². The van der Waals surface area contributed by atoms with Crippen LogP contribution in [0.5, 0.6) is 0 Å². The zero-order valence-electron chi connectivity index (χ0n) is 14.7. The van der Waals surface area contributed by atoms with Crippen molar-refractivity contribution >= 4 is 6.09 Å². The Balaban J connectivity index is 2.63. The van der Waals surface area contributed by atoms with Gasteiger partial charge in [0.15, 0.2) is 0 Å². The van der Waals surface area contributed by atoms with E-state index in [4.69, 9.17) is 9.47 Å². The predicted molar refractivity (Wildman–Crippen MR) is 89.8 cm³/mol. The van der Waals surface area contributed by atoms with Crippen LogP contribution in [0.2, 0.25) is 0 Å². The van der Waals surface area contributed by atoms with Crippen LogP contribution in [0.25, 0.3) is 0 Å². The molecule has 1 aliphatic rings. The number of rotatable bonds is 6. The van der Waals surface area contributed by atoms with E-state index in [0.717, 1.165) is 12.8 Å². The molecule has 132 valence electrons. The third-order valence-corrected chi connectivity index (χ3v) is 3.60. The smallest absolute Gasteiger partial charge is 0.412 e. The number of alkyl carbamates (subject to hydrolysis) is 1. The predicted octanol–water partition coefficient (Wildman–Crippen LogP) is 3.57. The van der Waals surface area contributed by atoms with Crippen LogP contribution in [0.15, 0.2) is 23.9 Å². The van der Waals surface area contributed by atoms with Gasteiger partial charge in [-0.1, -0.05) is 25.8 Å². The monoisotopic (exact) mass is 326 g/mol. The van der Waals surface area contributed by atoms with Gasteiger partial charge in [0.2, 0.25) is 5.88 Å². The van der Waals surface area contributed by atoms with E-state index >= 15 is 0 Å². The quantitative estimate of drug-likeness (QED) is 0.513. The average Bonchev–Trinajstić information content (AvgIpc) is 2.49. The molecule has 1 amide bonds. The Hall–Kier alpha value is -1.85. The van der Waals surface area contributed by atoms with Crippen molar-refractivity contribution in [2.24, 2.45) is 5.92 Å². The number of aliphatic hydroxyl groups is 1. The van der Waals surface area contributed by atoms with Crippen LogP contribution in [0.4, 0.5) is 4.79 Å². The molecule has 1 aliphatic carbocycles. The van der Waals surface area contributed by atoms with Crippen LogP contribution in [-0.4, -0.2) is 30.5 Å². The summed E-state index contributed by atoms with van der Waals surface area (Å²) in [5.41, 5.74) is -0.535. The zero-order valence-corrected chi connectivity index (χ0v) is 14.7. The molecule has 0 saturated heterocycles. The molecule has 0 spiro atoms. The second-order valence-corrected chi connectivity index (χ2v) is 6.84. The van der Waals surface area contributed by atoms with Crippen LogP contribution in [0.1, 0.15) is 52.9 Å². The maximum absolute atomic E-state index is 11.9. The van der Waals surface area contributed by atoms with Crippen molar-refractivity contribution in [3.63, 3.8) is 0 Å². The van der Waals surface area contributed by atoms with Gasteiger partial charge in [0.25, 0.3) is 0 Å². The van der Waals surface area contributed by atoms with E-state index < -0.39 is 11.7 Å². The number of hydrogen-bond acceptors (Lipinski definition) is 5. The molecule has 1 rings (SSSR count). The Morgan fingerprint density at radius 2 is 1.87 bits per heavy atom. The Kier molecular flexibility index (Phi) is 7.26. The summed E-state index contributed by atoms with van der Waals surface area (Å²) in [6.07, 6.45) is 5.34. The van der Waals surface area contributed by atoms with Crippen molar-refractivity contribution in [2.75, 3.05) is 13.7 Å². The highest BCUT2D eigenvalue weighted by Crippen LogP contribution is 2.25. The highest BCUT2D eigenvalue weighted by atomic mass is 16.6. The maximum Gasteiger partial charge on any atom is 0.412 e. The van der Waals surface area contributed by atoms with Crippen molar-refractivity contribution in [1.29, 1.82) is 0 Å². The summed E-state index contributed by atoms with van der Waals surface area (Å²) in [6, 6.07) is 0. The molecule has 1 saturated carbocycles. The first-order valence-corrected chi connectivity index (χ1v) is 8.16. The number of carbonyl (C=O) groups is 1. The summed E-state index contributed by atoms with van der Waals surface area (Å²) in [5.74, 6) is 0.498. The Bertz CT molecular complexity index is 446. The topological polar surface area (TPSA) is 79.8 Å². The average molecular weight is 326 g/mol. The second-order valence-electron chi connectivity index (χ2n) is 6.84. The van der Waals surface area contributed by atoms with E-state index in [2.05, 4.69) is 17.2 Å². The number of hydrogen-bond donors (Lipinski definition) is 3. The summed E-state index contributed by atoms with van der Waals surface area (Å²) < 4.78 is 10.9. The molecule has 0 heterocycles. The first-order valence-electron chi connectivity index (χ1n) is 8.16. The lowest BCUT2D eigenvalue weighted by Gasteiger charge is -2.24. The largest absolute Gasteiger partial charge is 0.493 e. The molecule has 0 aromatic carbocycles. The van der Waals surface area contributed by atoms with Gasteiger partial charge in [0, 0.05) is 7.05 Å². The third-order valence-electron chi connectivity index (χ3n) is 3.60. The number of amides is 1. The van der Waals surface area contributed by atoms with Gasteiger partial charge >= 0.3 is 6.09 Å². The van der Waals surface area contributed by atoms with Crippen LogP contribution in [-0.2, 0) is 9.47 Å². The molecule has 0 atom stereocenters. The van der Waals surface area contributed by atoms with Gasteiger partial charge in [-0.25, -0.2) is 4.79 Å². The van der Waals surface area contributed by atoms with Crippen molar-refractivity contribution in [3.8, 4) is 0 Å². The lowest BCUT2D eigenvalue weighted by atomic mass is 9.90. The minimum atomic E-state index is -0.670. The van der Waals surface area contributed by atoms with Gasteiger partial charge < -0.3 is 19.9 Å². The van der Waals surface area contributed by atoms with E-state index in [1.54, 1.807) is 27.8 Å². The van der Waals surface area contributed by atoms with E-state index in [1.807, 2.05) is 0 Å². The van der Waals surface area contributed by atoms with Gasteiger partial charge in [0.05, 0.1) is 6.61 Å². The van der Waals surface area contributed by atoms with Crippen LogP contribution in [0.3, 0.4) is 0 Å². The Morgan fingerprint density at radius 3 is 2.39 bits per heavy atom. The third kappa shape index (κ3) is 7.30. The second kappa shape index (κ2) is 8.70. The summed E-state index contributed by atoms with van der Waals surface area (Å²) in [6.45, 7) is 9.64. The molecule has 3 N–H and O–H groups in total. The zero-order chi connectivity index (χ0) is 17.5. The fourth-order valence-corrected chi connectivity index (χ4v) is 2.44. The summed E-state index contributed by atoms with van der Waals surface area (Å²) >= 11 is 0. The fraction of sp³-hybridized carbons (Fsp3) is 0.706. The minimum absolute atomic E-state index is 0.0950. The number of carbonyl (C=O) groups excluding carboxylic acids is 1. The van der Waals surface area contributed by atoms with E-state index in [0.29, 0.717) is 12.5 Å². The number of ether oxygens (including phenoxy) is 2. The van der Waals surface area contributed by atoms with E-state index in [9.17, 15) is 9.90 Å². The normalized spacial score (nSPS) is 17.0. The molecule has 6 heteroatoms. The SMILES string of the molecule is C=C(OCC1CCCCC1)/C(NC(=O)OC(C)(C)C)=C(/O)NC. The van der Waals surface area contributed by atoms with Gasteiger partial charge in [-0.05, 0) is 39.5 Å². The molecule has 1 fully saturated rings. The molecule has 0 aliphatic heterocycles. The molecule has 23 heavy (non-hydrogen) atoms. The van der Waals surface area contributed by atoms with Gasteiger partial charge in [-0.2, -0.15) is 0 Å². The van der Waals surface area contributed by atoms with Crippen molar-refractivity contribution in [3.05, 3.63) is 23.9 Å². The summed E-state index contributed by atoms with van der Waals surface area (Å²) in [7, 11) is 1.54. The molecule has 0 bridgehead atoms. The van der Waals surface area contributed by atoms with Gasteiger partial charge in [-0.3, -0.25) is 5.32 Å². The maximum atomic E-state index is 11.9. The Morgan fingerprint density at radius 1 is 1.26 bits per heavy atom. The number of aliphatic hydroxyl groups excluding tert-OH is 1. The number of nitrogens with one attached hydrogen (secondary N) is 2. The van der Waals surface area contributed by atoms with Crippen molar-refractivity contribution in [1.82, 2.24) is 10.6 Å². The summed E-state index contributed by atoms with van der Waals surface area (Å²) in [4.78, 5) is 11.9. The molecule has 0 radical (unpaired) electrons. The van der Waals surface area contributed by atoms with Crippen LogP contribution in [0, 0.1) is 5.92 Å². The standard InChI is InChI=1S/C17H30N2O4/c1-12(22-11-13-9-7-6-8-10-13)14(15(20)18-5)19-16(21)23-17(2,3)4/h13,18,20H,1,6-11H2,2-5H3,(H,19,21)/b15-14-. The highest BCUT2D eigenvalue weighted by Gasteiger charge is 2.21. The van der Waals surface area contributed by atoms with Crippen molar-refractivity contribution in [2.45, 2.75) is 58.5 Å². The first-order chi connectivity index (χ1) is 10.7. The van der Waals surface area contributed by atoms with Gasteiger partial charge in [0.1, 0.15) is 17.1 Å². The van der Waals surface area contributed by atoms with E-state index in [-0.39, 0.29) is 17.3 Å². The molecule has 0 aromatic heterocycles. The lowest BCUT2D eigenvalue weighted by Crippen LogP contribution is -2.34. The molecular formula is C17H30N2O4. The highest BCUT2D eigenvalue weighted by molar-refractivity contribution is 5.71. The van der Waals surface area contributed by atoms with Crippen LogP contribution >= 0.6 is 0 Å². The lowest BCUT2D eigenvalue weighted by molar-refractivity contribution is 0.0533. The van der Waals surface area contributed by atoms with Gasteiger partial charge in [-0.15, -0.1) is 0 Å². The Labute approximate surface area is 138 Å². The minimum Gasteiger partial charge on any atom is -0.493 e. The summed E-state index contributed by atoms with van der Waals surface area (Å²) in [5, 5.41) is 15.0. The molecular weight excluding hydrogens is 296 g/mol. The van der Waals surface area contributed by atoms with Crippen LogP contribution < -0.4 is 10.6 Å².